The first-order valence-corrected chi connectivity index (χ1v) is 9.88. The number of rotatable bonds is 10. The summed E-state index contributed by atoms with van der Waals surface area (Å²) in [5.74, 6) is 1.84. The molecule has 0 aromatic carbocycles. The molecule has 0 bridgehead atoms. The van der Waals surface area contributed by atoms with Gasteiger partial charge in [-0.05, 0) is 32.1 Å². The van der Waals surface area contributed by atoms with Crippen LogP contribution in [0.3, 0.4) is 0 Å². The van der Waals surface area contributed by atoms with Crippen molar-refractivity contribution >= 4 is 5.96 Å². The van der Waals surface area contributed by atoms with Crippen LogP contribution in [-0.2, 0) is 4.74 Å². The Balaban J connectivity index is 1.91. The van der Waals surface area contributed by atoms with Gasteiger partial charge in [-0.1, -0.05) is 13.8 Å². The molecule has 2 rings (SSSR count). The van der Waals surface area contributed by atoms with E-state index in [0.29, 0.717) is 6.54 Å². The first kappa shape index (κ1) is 20.7. The van der Waals surface area contributed by atoms with E-state index in [0.717, 1.165) is 70.7 Å². The van der Waals surface area contributed by atoms with E-state index in [2.05, 4.69) is 41.2 Å². The van der Waals surface area contributed by atoms with Crippen LogP contribution in [0.4, 0.5) is 0 Å². The van der Waals surface area contributed by atoms with Gasteiger partial charge in [0.1, 0.15) is 5.76 Å². The first-order chi connectivity index (χ1) is 12.8. The predicted molar refractivity (Wildman–Crippen MR) is 106 cm³/mol. The van der Waals surface area contributed by atoms with E-state index in [9.17, 15) is 0 Å². The van der Waals surface area contributed by atoms with Crippen LogP contribution in [0.2, 0.25) is 0 Å². The van der Waals surface area contributed by atoms with Crippen LogP contribution in [0, 0.1) is 0 Å². The van der Waals surface area contributed by atoms with Crippen molar-refractivity contribution in [2.45, 2.75) is 26.8 Å². The van der Waals surface area contributed by atoms with Crippen LogP contribution in [0.5, 0.6) is 0 Å². The SMILES string of the molecule is CCNC(=NCC(c1ccco1)N(CC)CC)NCCN1CCOCC1. The van der Waals surface area contributed by atoms with Gasteiger partial charge >= 0.3 is 0 Å². The molecule has 26 heavy (non-hydrogen) atoms. The van der Waals surface area contributed by atoms with E-state index in [1.165, 1.54) is 0 Å². The minimum atomic E-state index is 0.162. The smallest absolute Gasteiger partial charge is 0.191 e. The van der Waals surface area contributed by atoms with Gasteiger partial charge in [-0.15, -0.1) is 0 Å². The normalized spacial score (nSPS) is 17.5. The Bertz CT molecular complexity index is 496. The summed E-state index contributed by atoms with van der Waals surface area (Å²) in [6.07, 6.45) is 1.74. The number of furan rings is 1. The first-order valence-electron chi connectivity index (χ1n) is 9.88. The third-order valence-electron chi connectivity index (χ3n) is 4.72. The zero-order valence-corrected chi connectivity index (χ0v) is 16.5. The molecule has 0 radical (unpaired) electrons. The average molecular weight is 366 g/mol. The Kier molecular flexibility index (Phi) is 9.52. The van der Waals surface area contributed by atoms with Gasteiger partial charge in [-0.2, -0.15) is 0 Å². The minimum absolute atomic E-state index is 0.162. The summed E-state index contributed by atoms with van der Waals surface area (Å²) < 4.78 is 11.1. The van der Waals surface area contributed by atoms with Gasteiger partial charge in [0.25, 0.3) is 0 Å². The fourth-order valence-corrected chi connectivity index (χ4v) is 3.21. The number of guanidine groups is 1. The second kappa shape index (κ2) is 11.9. The topological polar surface area (TPSA) is 65.3 Å². The lowest BCUT2D eigenvalue weighted by Gasteiger charge is -2.28. The Morgan fingerprint density at radius 3 is 2.62 bits per heavy atom. The molecule has 7 heteroatoms. The van der Waals surface area contributed by atoms with Gasteiger partial charge in [-0.3, -0.25) is 14.8 Å². The van der Waals surface area contributed by atoms with Crippen molar-refractivity contribution in [3.8, 4) is 0 Å². The van der Waals surface area contributed by atoms with E-state index in [4.69, 9.17) is 14.1 Å². The van der Waals surface area contributed by atoms with Crippen LogP contribution in [0.1, 0.15) is 32.6 Å². The molecule has 1 aromatic rings. The van der Waals surface area contributed by atoms with Crippen LogP contribution in [0.15, 0.2) is 27.8 Å². The molecule has 148 valence electrons. The van der Waals surface area contributed by atoms with E-state index < -0.39 is 0 Å². The number of likely N-dealkylation sites (N-methyl/N-ethyl adjacent to an activating group) is 1. The molecule has 0 amide bonds. The number of aliphatic imine (C=N–C) groups is 1. The molecule has 1 aromatic heterocycles. The largest absolute Gasteiger partial charge is 0.468 e. The summed E-state index contributed by atoms with van der Waals surface area (Å²) in [5, 5.41) is 6.79. The van der Waals surface area contributed by atoms with Crippen molar-refractivity contribution in [2.24, 2.45) is 4.99 Å². The van der Waals surface area contributed by atoms with Crippen molar-refractivity contribution in [3.05, 3.63) is 24.2 Å². The Labute approximate surface area is 157 Å². The fourth-order valence-electron chi connectivity index (χ4n) is 3.21. The molecule has 1 fully saturated rings. The fraction of sp³-hybridized carbons (Fsp3) is 0.737. The lowest BCUT2D eigenvalue weighted by Crippen LogP contribution is -2.44. The Morgan fingerprint density at radius 2 is 2.00 bits per heavy atom. The van der Waals surface area contributed by atoms with Crippen LogP contribution >= 0.6 is 0 Å². The van der Waals surface area contributed by atoms with Gasteiger partial charge in [0, 0.05) is 32.7 Å². The number of hydrogen-bond acceptors (Lipinski definition) is 5. The summed E-state index contributed by atoms with van der Waals surface area (Å²) in [6.45, 7) is 15.5. The third-order valence-corrected chi connectivity index (χ3v) is 4.72. The van der Waals surface area contributed by atoms with Crippen LogP contribution in [0.25, 0.3) is 0 Å². The minimum Gasteiger partial charge on any atom is -0.468 e. The van der Waals surface area contributed by atoms with Crippen molar-refractivity contribution in [1.29, 1.82) is 0 Å². The summed E-state index contributed by atoms with van der Waals surface area (Å²) in [6, 6.07) is 4.15. The summed E-state index contributed by atoms with van der Waals surface area (Å²) in [4.78, 5) is 9.61. The number of nitrogens with one attached hydrogen (secondary N) is 2. The molecule has 1 aliphatic rings. The second-order valence-electron chi connectivity index (χ2n) is 6.35. The monoisotopic (exact) mass is 365 g/mol. The van der Waals surface area contributed by atoms with E-state index in [1.807, 2.05) is 12.1 Å². The molecule has 1 aliphatic heterocycles. The van der Waals surface area contributed by atoms with Gasteiger partial charge in [0.2, 0.25) is 0 Å². The zero-order chi connectivity index (χ0) is 18.6. The van der Waals surface area contributed by atoms with E-state index in [1.54, 1.807) is 6.26 Å². The lowest BCUT2D eigenvalue weighted by molar-refractivity contribution is 0.0389. The molecule has 2 heterocycles. The standard InChI is InChI=1S/C19H35N5O2/c1-4-20-19(21-9-10-23-11-14-25-15-12-23)22-16-17(24(5-2)6-3)18-8-7-13-26-18/h7-8,13,17H,4-6,9-12,14-16H2,1-3H3,(H2,20,21,22). The van der Waals surface area contributed by atoms with Crippen molar-refractivity contribution in [2.75, 3.05) is 65.6 Å². The molecular formula is C19H35N5O2. The van der Waals surface area contributed by atoms with Crippen LogP contribution < -0.4 is 10.6 Å². The molecule has 0 aliphatic carbocycles. The number of morpholine rings is 1. The van der Waals surface area contributed by atoms with Gasteiger partial charge < -0.3 is 19.8 Å². The molecule has 1 atom stereocenters. The molecular weight excluding hydrogens is 330 g/mol. The second-order valence-corrected chi connectivity index (χ2v) is 6.35. The molecule has 0 spiro atoms. The van der Waals surface area contributed by atoms with Crippen molar-refractivity contribution in [3.63, 3.8) is 0 Å². The molecule has 1 unspecified atom stereocenters. The molecule has 2 N–H and O–H groups in total. The molecule has 1 saturated heterocycles. The van der Waals surface area contributed by atoms with Crippen molar-refractivity contribution < 1.29 is 9.15 Å². The highest BCUT2D eigenvalue weighted by atomic mass is 16.5. The maximum Gasteiger partial charge on any atom is 0.191 e. The highest BCUT2D eigenvalue weighted by Gasteiger charge is 2.20. The van der Waals surface area contributed by atoms with Crippen LogP contribution in [-0.4, -0.2) is 81.3 Å². The zero-order valence-electron chi connectivity index (χ0n) is 16.5. The quantitative estimate of drug-likeness (QED) is 0.484. The van der Waals surface area contributed by atoms with Gasteiger partial charge in [-0.25, -0.2) is 0 Å². The maximum atomic E-state index is 5.66. The van der Waals surface area contributed by atoms with Gasteiger partial charge in [0.15, 0.2) is 5.96 Å². The number of hydrogen-bond donors (Lipinski definition) is 2. The lowest BCUT2D eigenvalue weighted by atomic mass is 10.2. The highest BCUT2D eigenvalue weighted by Crippen LogP contribution is 2.21. The highest BCUT2D eigenvalue weighted by molar-refractivity contribution is 5.79. The molecule has 0 saturated carbocycles. The maximum absolute atomic E-state index is 5.66. The Hall–Kier alpha value is -1.57. The summed E-state index contributed by atoms with van der Waals surface area (Å²) in [7, 11) is 0. The average Bonchev–Trinajstić information content (AvgIpc) is 3.20. The molecule has 7 nitrogen and oxygen atoms in total. The third kappa shape index (κ3) is 6.63. The van der Waals surface area contributed by atoms with Gasteiger partial charge in [0.05, 0.1) is 32.1 Å². The Morgan fingerprint density at radius 1 is 1.23 bits per heavy atom. The van der Waals surface area contributed by atoms with E-state index >= 15 is 0 Å². The van der Waals surface area contributed by atoms with E-state index in [-0.39, 0.29) is 6.04 Å². The number of nitrogens with zero attached hydrogens (tertiary/aromatic N) is 3. The predicted octanol–water partition coefficient (Wildman–Crippen LogP) is 1.55. The van der Waals surface area contributed by atoms with Crippen molar-refractivity contribution in [1.82, 2.24) is 20.4 Å². The summed E-state index contributed by atoms with van der Waals surface area (Å²) >= 11 is 0. The number of ether oxygens (including phenoxy) is 1. The summed E-state index contributed by atoms with van der Waals surface area (Å²) in [5.41, 5.74) is 0.